The van der Waals surface area contributed by atoms with Crippen molar-refractivity contribution in [2.75, 3.05) is 6.61 Å². The molecular weight excluding hydrogens is 519 g/mol. The van der Waals surface area contributed by atoms with Gasteiger partial charge in [0.15, 0.2) is 29.3 Å². The molecule has 1 N–H and O–H groups in total. The van der Waals surface area contributed by atoms with Crippen LogP contribution in [0, 0.1) is 31.3 Å². The fourth-order valence-corrected chi connectivity index (χ4v) is 5.45. The molecule has 0 saturated heterocycles. The van der Waals surface area contributed by atoms with E-state index in [1.165, 1.54) is 12.1 Å². The average Bonchev–Trinajstić information content (AvgIpc) is 3.22. The minimum absolute atomic E-state index is 0.185. The van der Waals surface area contributed by atoms with Crippen molar-refractivity contribution in [3.05, 3.63) is 87.7 Å². The van der Waals surface area contributed by atoms with Crippen LogP contribution in [0.4, 0.5) is 13.2 Å². The quantitative estimate of drug-likeness (QED) is 0.267. The summed E-state index contributed by atoms with van der Waals surface area (Å²) in [5.41, 5.74) is 4.79. The van der Waals surface area contributed by atoms with E-state index in [0.29, 0.717) is 41.0 Å². The van der Waals surface area contributed by atoms with Crippen LogP contribution >= 0.6 is 0 Å². The summed E-state index contributed by atoms with van der Waals surface area (Å²) in [4.78, 5) is 12.2. The molecule has 1 aliphatic rings. The maximum absolute atomic E-state index is 15.3. The second-order valence-electron chi connectivity index (χ2n) is 11.4. The number of carbonyl (C=O) groups is 1. The van der Waals surface area contributed by atoms with E-state index in [9.17, 15) is 18.7 Å². The summed E-state index contributed by atoms with van der Waals surface area (Å²) in [6.07, 6.45) is 0.271. The lowest BCUT2D eigenvalue weighted by molar-refractivity contribution is -0.160. The second-order valence-corrected chi connectivity index (χ2v) is 11.4. The highest BCUT2D eigenvalue weighted by atomic mass is 19.2. The molecule has 1 atom stereocenters. The Morgan fingerprint density at radius 2 is 1.80 bits per heavy atom. The van der Waals surface area contributed by atoms with E-state index < -0.39 is 35.1 Å². The van der Waals surface area contributed by atoms with Gasteiger partial charge in [-0.25, -0.2) is 18.0 Å². The number of rotatable bonds is 6. The van der Waals surface area contributed by atoms with E-state index in [1.54, 1.807) is 26.8 Å². The summed E-state index contributed by atoms with van der Waals surface area (Å²) in [6, 6.07) is 10.7. The van der Waals surface area contributed by atoms with Crippen molar-refractivity contribution in [1.29, 1.82) is 0 Å². The first-order chi connectivity index (χ1) is 18.8. The first-order valence-electron chi connectivity index (χ1n) is 13.3. The molecule has 40 heavy (non-hydrogen) atoms. The van der Waals surface area contributed by atoms with Gasteiger partial charge in [0.05, 0.1) is 12.2 Å². The van der Waals surface area contributed by atoms with Gasteiger partial charge in [-0.1, -0.05) is 6.07 Å². The van der Waals surface area contributed by atoms with Crippen molar-refractivity contribution < 1.29 is 32.5 Å². The molecule has 0 bridgehead atoms. The number of fused-ring (bicyclic) bond motifs is 2. The predicted octanol–water partition coefficient (Wildman–Crippen LogP) is 7.66. The molecule has 1 aliphatic heterocycles. The number of nitrogens with zero attached hydrogens (tertiary/aromatic N) is 1. The predicted molar refractivity (Wildman–Crippen MR) is 147 cm³/mol. The molecule has 0 radical (unpaired) electrons. The fraction of sp³-hybridized carbons (Fsp3) is 0.344. The fourth-order valence-electron chi connectivity index (χ4n) is 5.45. The third kappa shape index (κ3) is 5.20. The van der Waals surface area contributed by atoms with Crippen LogP contribution < -0.4 is 4.74 Å². The SMILES string of the molecule is Cc1cc2c(cc1C(OC(C)(C)C)C(=O)O)cc(-c1cc(F)c3c(c1C)CCCO3)n2Cc1ccc(F)c(F)c1. The highest BCUT2D eigenvalue weighted by molar-refractivity contribution is 5.90. The summed E-state index contributed by atoms with van der Waals surface area (Å²) in [5, 5.41) is 10.7. The van der Waals surface area contributed by atoms with Crippen LogP contribution in [0.5, 0.6) is 5.75 Å². The summed E-state index contributed by atoms with van der Waals surface area (Å²) < 4.78 is 56.6. The van der Waals surface area contributed by atoms with Gasteiger partial charge in [0.1, 0.15) is 0 Å². The van der Waals surface area contributed by atoms with E-state index in [2.05, 4.69) is 0 Å². The van der Waals surface area contributed by atoms with Crippen molar-refractivity contribution >= 4 is 16.9 Å². The molecule has 0 amide bonds. The highest BCUT2D eigenvalue weighted by Gasteiger charge is 2.29. The van der Waals surface area contributed by atoms with E-state index in [4.69, 9.17) is 9.47 Å². The van der Waals surface area contributed by atoms with Crippen molar-refractivity contribution in [1.82, 2.24) is 4.57 Å². The molecule has 5 nitrogen and oxygen atoms in total. The molecule has 2 heterocycles. The first kappa shape index (κ1) is 27.8. The van der Waals surface area contributed by atoms with Gasteiger partial charge in [0.25, 0.3) is 0 Å². The van der Waals surface area contributed by atoms with Gasteiger partial charge in [-0.15, -0.1) is 0 Å². The minimum atomic E-state index is -1.19. The Morgan fingerprint density at radius 3 is 2.48 bits per heavy atom. The van der Waals surface area contributed by atoms with Crippen LogP contribution in [0.15, 0.2) is 42.5 Å². The Labute approximate surface area is 231 Å². The van der Waals surface area contributed by atoms with E-state index in [0.717, 1.165) is 40.6 Å². The number of aromatic nitrogens is 1. The van der Waals surface area contributed by atoms with Gasteiger partial charge in [0.2, 0.25) is 0 Å². The smallest absolute Gasteiger partial charge is 0.337 e. The number of benzene rings is 3. The van der Waals surface area contributed by atoms with Gasteiger partial charge in [-0.05, 0) is 106 Å². The summed E-state index contributed by atoms with van der Waals surface area (Å²) in [7, 11) is 0. The Hall–Kier alpha value is -3.78. The van der Waals surface area contributed by atoms with Crippen molar-refractivity contribution in [2.45, 2.75) is 65.7 Å². The molecule has 0 saturated carbocycles. The molecule has 0 fully saturated rings. The molecule has 0 aliphatic carbocycles. The molecule has 3 aromatic carbocycles. The third-order valence-corrected chi connectivity index (χ3v) is 7.30. The molecular formula is C32H32F3NO4. The maximum atomic E-state index is 15.3. The number of halogens is 3. The van der Waals surface area contributed by atoms with Gasteiger partial charge in [-0.3, -0.25) is 0 Å². The lowest BCUT2D eigenvalue weighted by Gasteiger charge is -2.26. The third-order valence-electron chi connectivity index (χ3n) is 7.30. The van der Waals surface area contributed by atoms with Gasteiger partial charge in [-0.2, -0.15) is 0 Å². The zero-order valence-corrected chi connectivity index (χ0v) is 23.2. The largest absolute Gasteiger partial charge is 0.490 e. The van der Waals surface area contributed by atoms with Crippen molar-refractivity contribution in [3.8, 4) is 17.0 Å². The van der Waals surface area contributed by atoms with Crippen LogP contribution in [0.2, 0.25) is 0 Å². The normalized spacial score (nSPS) is 14.2. The monoisotopic (exact) mass is 551 g/mol. The van der Waals surface area contributed by atoms with Crippen LogP contribution in [-0.2, 0) is 22.5 Å². The van der Waals surface area contributed by atoms with Gasteiger partial charge >= 0.3 is 5.97 Å². The van der Waals surface area contributed by atoms with E-state index in [1.807, 2.05) is 30.5 Å². The molecule has 1 aromatic heterocycles. The Bertz CT molecular complexity index is 1630. The first-order valence-corrected chi connectivity index (χ1v) is 13.3. The molecule has 8 heteroatoms. The number of ether oxygens (including phenoxy) is 2. The second kappa shape index (κ2) is 10.3. The number of carboxylic acids is 1. The lowest BCUT2D eigenvalue weighted by atomic mass is 9.94. The number of hydrogen-bond donors (Lipinski definition) is 1. The number of aliphatic carboxylic acids is 1. The van der Waals surface area contributed by atoms with Crippen LogP contribution in [0.25, 0.3) is 22.2 Å². The van der Waals surface area contributed by atoms with Crippen LogP contribution in [-0.4, -0.2) is 27.9 Å². The van der Waals surface area contributed by atoms with Crippen molar-refractivity contribution in [3.63, 3.8) is 0 Å². The number of aryl methyl sites for hydroxylation is 1. The maximum Gasteiger partial charge on any atom is 0.337 e. The molecule has 1 unspecified atom stereocenters. The van der Waals surface area contributed by atoms with Gasteiger partial charge < -0.3 is 19.1 Å². The zero-order chi connectivity index (χ0) is 28.9. The van der Waals surface area contributed by atoms with Crippen LogP contribution in [0.1, 0.15) is 61.1 Å². The molecule has 0 spiro atoms. The van der Waals surface area contributed by atoms with Crippen LogP contribution in [0.3, 0.4) is 0 Å². The standard InChI is InChI=1S/C32H32F3NO4/c1-17-11-27-20(13-22(17)30(31(37)38)40-32(3,4)5)14-28(36(27)16-19-8-9-24(33)25(34)12-19)23-15-26(35)29-21(18(23)2)7-6-10-39-29/h8-9,11-15,30H,6-7,10,16H2,1-5H3,(H,37,38). The molecule has 210 valence electrons. The van der Waals surface area contributed by atoms with E-state index in [-0.39, 0.29) is 12.3 Å². The van der Waals surface area contributed by atoms with Crippen molar-refractivity contribution in [2.24, 2.45) is 0 Å². The molecule has 4 aromatic rings. The highest BCUT2D eigenvalue weighted by Crippen LogP contribution is 2.40. The number of hydrogen-bond acceptors (Lipinski definition) is 3. The summed E-state index contributed by atoms with van der Waals surface area (Å²) in [6.45, 7) is 9.77. The minimum Gasteiger partial charge on any atom is -0.490 e. The molecule has 5 rings (SSSR count). The summed E-state index contributed by atoms with van der Waals surface area (Å²) >= 11 is 0. The van der Waals surface area contributed by atoms with Gasteiger partial charge in [0, 0.05) is 34.3 Å². The Balaban J connectivity index is 1.74. The summed E-state index contributed by atoms with van der Waals surface area (Å²) in [5.74, 6) is -3.18. The average molecular weight is 552 g/mol. The lowest BCUT2D eigenvalue weighted by Crippen LogP contribution is -2.27. The Morgan fingerprint density at radius 1 is 1.05 bits per heavy atom. The van der Waals surface area contributed by atoms with E-state index >= 15 is 4.39 Å². The topological polar surface area (TPSA) is 60.7 Å². The Kier molecular flexibility index (Phi) is 7.17. The zero-order valence-electron chi connectivity index (χ0n) is 23.2. The number of carboxylic acid groups (broad SMARTS) is 1.